The summed E-state index contributed by atoms with van der Waals surface area (Å²) in [6.45, 7) is 2.18. The Hall–Kier alpha value is -2.31. The fourth-order valence-electron chi connectivity index (χ4n) is 2.11. The Morgan fingerprint density at radius 1 is 1.14 bits per heavy atom. The van der Waals surface area contributed by atoms with Crippen molar-refractivity contribution in [3.05, 3.63) is 35.6 Å². The second-order valence-electron chi connectivity index (χ2n) is 4.73. The molecule has 1 fully saturated rings. The summed E-state index contributed by atoms with van der Waals surface area (Å²) in [4.78, 5) is 26.5. The molecule has 0 aromatic heterocycles. The van der Waals surface area contributed by atoms with Gasteiger partial charge in [-0.15, -0.1) is 0 Å². The number of nitrogens with one attached hydrogen (secondary N) is 1. The molecule has 2 rings (SSSR count). The van der Waals surface area contributed by atoms with Gasteiger partial charge in [-0.25, -0.2) is 14.0 Å². The fraction of sp³-hybridized carbons (Fsp3) is 0.429. The van der Waals surface area contributed by atoms with Gasteiger partial charge in [0.25, 0.3) is 0 Å². The number of carbonyl (C=O) groups is 2. The lowest BCUT2D eigenvalue weighted by atomic mass is 10.2. The average Bonchev–Trinajstić information content (AvgIpc) is 2.53. The van der Waals surface area contributed by atoms with Crippen LogP contribution in [-0.4, -0.2) is 55.2 Å². The maximum atomic E-state index is 12.8. The number of piperazine rings is 1. The number of hydrogen-bond donors (Lipinski definition) is 1. The van der Waals surface area contributed by atoms with E-state index in [1.807, 2.05) is 0 Å². The van der Waals surface area contributed by atoms with E-state index in [0.29, 0.717) is 32.7 Å². The number of rotatable bonds is 2. The number of ether oxygens (including phenoxy) is 1. The fourth-order valence-corrected chi connectivity index (χ4v) is 2.11. The molecule has 6 nitrogen and oxygen atoms in total. The molecule has 3 amide bonds. The first kappa shape index (κ1) is 15.1. The van der Waals surface area contributed by atoms with E-state index in [4.69, 9.17) is 0 Å². The van der Waals surface area contributed by atoms with Gasteiger partial charge < -0.3 is 19.9 Å². The van der Waals surface area contributed by atoms with E-state index in [9.17, 15) is 14.0 Å². The molecule has 0 bridgehead atoms. The van der Waals surface area contributed by atoms with Crippen molar-refractivity contribution in [1.29, 1.82) is 0 Å². The molecule has 1 aliphatic heterocycles. The van der Waals surface area contributed by atoms with Crippen LogP contribution in [0.3, 0.4) is 0 Å². The minimum Gasteiger partial charge on any atom is -0.453 e. The van der Waals surface area contributed by atoms with E-state index >= 15 is 0 Å². The third-order valence-electron chi connectivity index (χ3n) is 3.36. The van der Waals surface area contributed by atoms with Gasteiger partial charge in [0.1, 0.15) is 5.82 Å². The van der Waals surface area contributed by atoms with Crippen LogP contribution in [-0.2, 0) is 11.3 Å². The third-order valence-corrected chi connectivity index (χ3v) is 3.36. The Morgan fingerprint density at radius 3 is 2.29 bits per heavy atom. The van der Waals surface area contributed by atoms with Gasteiger partial charge in [0.15, 0.2) is 0 Å². The van der Waals surface area contributed by atoms with Crippen molar-refractivity contribution in [1.82, 2.24) is 15.1 Å². The van der Waals surface area contributed by atoms with Gasteiger partial charge in [-0.05, 0) is 17.7 Å². The predicted molar refractivity (Wildman–Crippen MR) is 74.2 cm³/mol. The van der Waals surface area contributed by atoms with Crippen LogP contribution in [0.1, 0.15) is 5.56 Å². The van der Waals surface area contributed by atoms with Crippen molar-refractivity contribution < 1.29 is 18.7 Å². The molecule has 0 saturated carbocycles. The molecule has 0 spiro atoms. The highest BCUT2D eigenvalue weighted by Crippen LogP contribution is 2.05. The zero-order valence-corrected chi connectivity index (χ0v) is 11.8. The average molecular weight is 295 g/mol. The molecule has 0 unspecified atom stereocenters. The smallest absolute Gasteiger partial charge is 0.409 e. The molecule has 1 aromatic rings. The molecule has 1 N–H and O–H groups in total. The first-order chi connectivity index (χ1) is 10.1. The molecular formula is C14H18FN3O3. The number of benzene rings is 1. The summed E-state index contributed by atoms with van der Waals surface area (Å²) < 4.78 is 17.4. The Balaban J connectivity index is 1.77. The van der Waals surface area contributed by atoms with Gasteiger partial charge in [-0.3, -0.25) is 0 Å². The molecule has 1 aliphatic rings. The van der Waals surface area contributed by atoms with E-state index in [1.165, 1.54) is 19.2 Å². The summed E-state index contributed by atoms with van der Waals surface area (Å²) in [6, 6.07) is 5.78. The Labute approximate surface area is 122 Å². The Kier molecular flexibility index (Phi) is 4.97. The number of hydrogen-bond acceptors (Lipinski definition) is 3. The minimum absolute atomic E-state index is 0.191. The minimum atomic E-state index is -0.374. The molecule has 0 radical (unpaired) electrons. The number of carbonyl (C=O) groups excluding carboxylic acids is 2. The van der Waals surface area contributed by atoms with Crippen LogP contribution in [0, 0.1) is 5.82 Å². The van der Waals surface area contributed by atoms with Crippen molar-refractivity contribution in [2.75, 3.05) is 33.3 Å². The quantitative estimate of drug-likeness (QED) is 0.897. The first-order valence-electron chi connectivity index (χ1n) is 6.70. The largest absolute Gasteiger partial charge is 0.453 e. The normalized spacial score (nSPS) is 14.8. The van der Waals surface area contributed by atoms with Crippen LogP contribution in [0.25, 0.3) is 0 Å². The van der Waals surface area contributed by atoms with Gasteiger partial charge in [0.05, 0.1) is 7.11 Å². The molecule has 1 heterocycles. The number of halogens is 1. The first-order valence-corrected chi connectivity index (χ1v) is 6.70. The molecule has 0 atom stereocenters. The van der Waals surface area contributed by atoms with Gasteiger partial charge >= 0.3 is 12.1 Å². The summed E-state index contributed by atoms with van der Waals surface area (Å²) in [5.41, 5.74) is 0.831. The molecular weight excluding hydrogens is 277 g/mol. The second kappa shape index (κ2) is 6.92. The van der Waals surface area contributed by atoms with E-state index in [-0.39, 0.29) is 17.9 Å². The highest BCUT2D eigenvalue weighted by molar-refractivity contribution is 5.75. The van der Waals surface area contributed by atoms with Gasteiger partial charge in [0.2, 0.25) is 0 Å². The molecule has 114 valence electrons. The summed E-state index contributed by atoms with van der Waals surface area (Å²) >= 11 is 0. The molecule has 1 aromatic carbocycles. The highest BCUT2D eigenvalue weighted by Gasteiger charge is 2.24. The SMILES string of the molecule is COC(=O)N1CCN(C(=O)NCc2ccc(F)cc2)CC1. The third kappa shape index (κ3) is 4.08. The number of amides is 3. The maximum Gasteiger partial charge on any atom is 0.409 e. The Bertz CT molecular complexity index is 499. The topological polar surface area (TPSA) is 61.9 Å². The monoisotopic (exact) mass is 295 g/mol. The number of urea groups is 1. The van der Waals surface area contributed by atoms with Crippen LogP contribution in [0.2, 0.25) is 0 Å². The zero-order valence-electron chi connectivity index (χ0n) is 11.8. The van der Waals surface area contributed by atoms with Crippen LogP contribution in [0.5, 0.6) is 0 Å². The molecule has 0 aliphatic carbocycles. The van der Waals surface area contributed by atoms with E-state index in [0.717, 1.165) is 5.56 Å². The van der Waals surface area contributed by atoms with Gasteiger partial charge in [-0.1, -0.05) is 12.1 Å². The van der Waals surface area contributed by atoms with Crippen LogP contribution in [0.15, 0.2) is 24.3 Å². The number of methoxy groups -OCH3 is 1. The molecule has 21 heavy (non-hydrogen) atoms. The Morgan fingerprint density at radius 2 is 1.71 bits per heavy atom. The summed E-state index contributed by atoms with van der Waals surface area (Å²) in [5.74, 6) is -0.302. The van der Waals surface area contributed by atoms with Crippen molar-refractivity contribution in [2.24, 2.45) is 0 Å². The van der Waals surface area contributed by atoms with Crippen LogP contribution in [0.4, 0.5) is 14.0 Å². The molecule has 7 heteroatoms. The summed E-state index contributed by atoms with van der Waals surface area (Å²) in [5, 5.41) is 2.78. The second-order valence-corrected chi connectivity index (χ2v) is 4.73. The lowest BCUT2D eigenvalue weighted by molar-refractivity contribution is 0.0970. The number of nitrogens with zero attached hydrogens (tertiary/aromatic N) is 2. The summed E-state index contributed by atoms with van der Waals surface area (Å²) in [7, 11) is 1.34. The summed E-state index contributed by atoms with van der Waals surface area (Å²) in [6.07, 6.45) is -0.374. The zero-order chi connectivity index (χ0) is 15.2. The lowest BCUT2D eigenvalue weighted by Gasteiger charge is -2.33. The van der Waals surface area contributed by atoms with E-state index in [2.05, 4.69) is 10.1 Å². The van der Waals surface area contributed by atoms with Crippen molar-refractivity contribution in [2.45, 2.75) is 6.54 Å². The highest BCUT2D eigenvalue weighted by atomic mass is 19.1. The van der Waals surface area contributed by atoms with Crippen molar-refractivity contribution >= 4 is 12.1 Å². The lowest BCUT2D eigenvalue weighted by Crippen LogP contribution is -2.53. The van der Waals surface area contributed by atoms with Gasteiger partial charge in [-0.2, -0.15) is 0 Å². The van der Waals surface area contributed by atoms with E-state index in [1.54, 1.807) is 21.9 Å². The standard InChI is InChI=1S/C14H18FN3O3/c1-21-14(20)18-8-6-17(7-9-18)13(19)16-10-11-2-4-12(15)5-3-11/h2-5H,6-10H2,1H3,(H,16,19). The van der Waals surface area contributed by atoms with E-state index < -0.39 is 0 Å². The maximum absolute atomic E-state index is 12.8. The van der Waals surface area contributed by atoms with Crippen molar-refractivity contribution in [3.63, 3.8) is 0 Å². The van der Waals surface area contributed by atoms with Crippen molar-refractivity contribution in [3.8, 4) is 0 Å². The molecule has 1 saturated heterocycles. The van der Waals surface area contributed by atoms with Crippen LogP contribution >= 0.6 is 0 Å². The van der Waals surface area contributed by atoms with Gasteiger partial charge in [0, 0.05) is 32.7 Å². The van der Waals surface area contributed by atoms with Crippen LogP contribution < -0.4 is 5.32 Å². The predicted octanol–water partition coefficient (Wildman–Crippen LogP) is 1.42.